The third-order valence-electron chi connectivity index (χ3n) is 2.85. The lowest BCUT2D eigenvalue weighted by Gasteiger charge is -2.04. The van der Waals surface area contributed by atoms with Crippen LogP contribution in [0.4, 0.5) is 4.39 Å². The van der Waals surface area contributed by atoms with Gasteiger partial charge in [-0.05, 0) is 23.3 Å². The average Bonchev–Trinajstić information content (AvgIpc) is 2.96. The van der Waals surface area contributed by atoms with Crippen molar-refractivity contribution in [3.8, 4) is 22.4 Å². The number of nitrogens with zero attached hydrogens (tertiary/aromatic N) is 2. The van der Waals surface area contributed by atoms with Crippen LogP contribution in [-0.2, 0) is 0 Å². The van der Waals surface area contributed by atoms with Crippen LogP contribution in [0.5, 0.6) is 0 Å². The van der Waals surface area contributed by atoms with Gasteiger partial charge in [-0.3, -0.25) is 0 Å². The van der Waals surface area contributed by atoms with Crippen LogP contribution in [0.3, 0.4) is 0 Å². The van der Waals surface area contributed by atoms with Crippen LogP contribution in [0, 0.1) is 5.82 Å². The minimum absolute atomic E-state index is 0.128. The molecule has 5 heteroatoms. The molecule has 0 unspecified atom stereocenters. The molecule has 0 amide bonds. The van der Waals surface area contributed by atoms with E-state index in [1.165, 1.54) is 6.07 Å². The predicted molar refractivity (Wildman–Crippen MR) is 72.2 cm³/mol. The van der Waals surface area contributed by atoms with E-state index in [0.29, 0.717) is 0 Å². The molecule has 3 aromatic rings. The fourth-order valence-corrected chi connectivity index (χ4v) is 1.97. The normalized spacial score (nSPS) is 10.6. The Hall–Kier alpha value is -2.20. The first-order chi connectivity index (χ1) is 9.24. The van der Waals surface area contributed by atoms with E-state index < -0.39 is 5.82 Å². The molecule has 0 saturated carbocycles. The molecule has 0 fully saturated rings. The van der Waals surface area contributed by atoms with Gasteiger partial charge in [-0.15, -0.1) is 0 Å². The van der Waals surface area contributed by atoms with E-state index in [-0.39, 0.29) is 5.02 Å². The molecule has 2 aromatic carbocycles. The Kier molecular flexibility index (Phi) is 3.01. The second-order valence-corrected chi connectivity index (χ2v) is 4.47. The lowest BCUT2D eigenvalue weighted by atomic mass is 10.0. The smallest absolute Gasteiger partial charge is 0.142 e. The van der Waals surface area contributed by atoms with Crippen molar-refractivity contribution in [1.29, 1.82) is 0 Å². The number of nitrogens with one attached hydrogen (secondary N) is 1. The minimum Gasteiger partial charge on any atom is -0.205 e. The third-order valence-corrected chi connectivity index (χ3v) is 3.16. The number of H-pyrrole nitrogens is 1. The highest BCUT2D eigenvalue weighted by Crippen LogP contribution is 2.26. The molecule has 0 aliphatic heterocycles. The second-order valence-electron chi connectivity index (χ2n) is 4.06. The highest BCUT2D eigenvalue weighted by atomic mass is 35.5. The summed E-state index contributed by atoms with van der Waals surface area (Å²) in [5, 5.41) is 10.5. The highest BCUT2D eigenvalue weighted by Gasteiger charge is 2.05. The summed E-state index contributed by atoms with van der Waals surface area (Å²) in [6.45, 7) is 0. The zero-order valence-electron chi connectivity index (χ0n) is 9.77. The molecule has 1 aromatic heterocycles. The van der Waals surface area contributed by atoms with E-state index in [4.69, 9.17) is 11.6 Å². The summed E-state index contributed by atoms with van der Waals surface area (Å²) in [6, 6.07) is 12.4. The molecule has 94 valence electrons. The van der Waals surface area contributed by atoms with Gasteiger partial charge in [0.25, 0.3) is 0 Å². The lowest BCUT2D eigenvalue weighted by molar-refractivity contribution is 0.629. The van der Waals surface area contributed by atoms with Gasteiger partial charge < -0.3 is 0 Å². The van der Waals surface area contributed by atoms with Gasteiger partial charge in [0.15, 0.2) is 0 Å². The van der Waals surface area contributed by atoms with Crippen LogP contribution in [0.25, 0.3) is 22.4 Å². The standard InChI is InChI=1S/C14H9ClFN3/c15-12-6-5-11(7-13(12)16)9-1-3-10(4-2-9)14-8-17-19-18-14/h1-8H,(H,17,18,19). The molecule has 3 nitrogen and oxygen atoms in total. The van der Waals surface area contributed by atoms with Gasteiger partial charge >= 0.3 is 0 Å². The Morgan fingerprint density at radius 3 is 2.26 bits per heavy atom. The van der Waals surface area contributed by atoms with Crippen molar-refractivity contribution in [3.05, 3.63) is 59.5 Å². The Morgan fingerprint density at radius 2 is 1.63 bits per heavy atom. The van der Waals surface area contributed by atoms with Crippen molar-refractivity contribution in [1.82, 2.24) is 15.4 Å². The molecule has 19 heavy (non-hydrogen) atoms. The number of rotatable bonds is 2. The summed E-state index contributed by atoms with van der Waals surface area (Å²) >= 11 is 5.67. The van der Waals surface area contributed by atoms with E-state index in [0.717, 1.165) is 22.4 Å². The molecule has 0 aliphatic rings. The molecule has 3 rings (SSSR count). The molecule has 0 bridgehead atoms. The van der Waals surface area contributed by atoms with Gasteiger partial charge in [0.2, 0.25) is 0 Å². The first-order valence-electron chi connectivity index (χ1n) is 5.66. The number of aromatic amines is 1. The van der Waals surface area contributed by atoms with Crippen LogP contribution in [-0.4, -0.2) is 15.4 Å². The quantitative estimate of drug-likeness (QED) is 0.768. The van der Waals surface area contributed by atoms with E-state index >= 15 is 0 Å². The third kappa shape index (κ3) is 2.35. The maximum absolute atomic E-state index is 13.4. The zero-order chi connectivity index (χ0) is 13.2. The first kappa shape index (κ1) is 11.9. The molecule has 0 saturated heterocycles. The Bertz CT molecular complexity index is 693. The van der Waals surface area contributed by atoms with Crippen LogP contribution < -0.4 is 0 Å². The zero-order valence-corrected chi connectivity index (χ0v) is 10.5. The molecule has 0 atom stereocenters. The van der Waals surface area contributed by atoms with Crippen molar-refractivity contribution in [2.45, 2.75) is 0 Å². The second kappa shape index (κ2) is 4.82. The number of aromatic nitrogens is 3. The van der Waals surface area contributed by atoms with Gasteiger partial charge in [0, 0.05) is 5.56 Å². The SMILES string of the molecule is Fc1cc(-c2ccc(-c3cn[nH]n3)cc2)ccc1Cl. The summed E-state index contributed by atoms with van der Waals surface area (Å²) in [7, 11) is 0. The predicted octanol–water partition coefficient (Wildman–Crippen LogP) is 3.93. The fraction of sp³-hybridized carbons (Fsp3) is 0. The van der Waals surface area contributed by atoms with Gasteiger partial charge in [0.05, 0.1) is 11.2 Å². The number of benzene rings is 2. The highest BCUT2D eigenvalue weighted by molar-refractivity contribution is 6.30. The Morgan fingerprint density at radius 1 is 0.947 bits per heavy atom. The van der Waals surface area contributed by atoms with E-state index in [1.54, 1.807) is 18.3 Å². The van der Waals surface area contributed by atoms with Gasteiger partial charge in [0.1, 0.15) is 11.5 Å². The average molecular weight is 274 g/mol. The van der Waals surface area contributed by atoms with Crippen molar-refractivity contribution in [2.75, 3.05) is 0 Å². The van der Waals surface area contributed by atoms with Gasteiger partial charge in [-0.25, -0.2) is 4.39 Å². The summed E-state index contributed by atoms with van der Waals surface area (Å²) in [5.74, 6) is -0.417. The van der Waals surface area contributed by atoms with E-state index in [1.807, 2.05) is 24.3 Å². The summed E-state index contributed by atoms with van der Waals surface area (Å²) in [5.41, 5.74) is 3.43. The number of hydrogen-bond donors (Lipinski definition) is 1. The monoisotopic (exact) mass is 273 g/mol. The molecule has 0 aliphatic carbocycles. The van der Waals surface area contributed by atoms with Crippen molar-refractivity contribution in [3.63, 3.8) is 0 Å². The van der Waals surface area contributed by atoms with Gasteiger partial charge in [-0.2, -0.15) is 15.4 Å². The van der Waals surface area contributed by atoms with Crippen LogP contribution in [0.2, 0.25) is 5.02 Å². The molecule has 0 radical (unpaired) electrons. The molecular weight excluding hydrogens is 265 g/mol. The maximum Gasteiger partial charge on any atom is 0.142 e. The van der Waals surface area contributed by atoms with Crippen molar-refractivity contribution < 1.29 is 4.39 Å². The summed E-state index contributed by atoms with van der Waals surface area (Å²) in [6.07, 6.45) is 1.65. The van der Waals surface area contributed by atoms with Gasteiger partial charge in [-0.1, -0.05) is 41.9 Å². The Balaban J connectivity index is 1.96. The number of halogens is 2. The van der Waals surface area contributed by atoms with E-state index in [2.05, 4.69) is 15.4 Å². The Labute approximate surface area is 114 Å². The van der Waals surface area contributed by atoms with Crippen molar-refractivity contribution in [2.24, 2.45) is 0 Å². The minimum atomic E-state index is -0.417. The summed E-state index contributed by atoms with van der Waals surface area (Å²) < 4.78 is 13.4. The number of hydrogen-bond acceptors (Lipinski definition) is 2. The van der Waals surface area contributed by atoms with Crippen LogP contribution in [0.15, 0.2) is 48.7 Å². The topological polar surface area (TPSA) is 41.6 Å². The fourth-order valence-electron chi connectivity index (χ4n) is 1.85. The molecule has 1 heterocycles. The van der Waals surface area contributed by atoms with E-state index in [9.17, 15) is 4.39 Å². The first-order valence-corrected chi connectivity index (χ1v) is 6.03. The molecular formula is C14H9ClFN3. The largest absolute Gasteiger partial charge is 0.205 e. The maximum atomic E-state index is 13.4. The van der Waals surface area contributed by atoms with Crippen LogP contribution >= 0.6 is 11.6 Å². The van der Waals surface area contributed by atoms with Crippen molar-refractivity contribution >= 4 is 11.6 Å². The lowest BCUT2D eigenvalue weighted by Crippen LogP contribution is -1.83. The van der Waals surface area contributed by atoms with Crippen LogP contribution in [0.1, 0.15) is 0 Å². The summed E-state index contributed by atoms with van der Waals surface area (Å²) in [4.78, 5) is 0. The molecule has 0 spiro atoms. The molecule has 1 N–H and O–H groups in total.